The van der Waals surface area contributed by atoms with Gasteiger partial charge in [-0.2, -0.15) is 0 Å². The largest absolute Gasteiger partial charge is 0.298 e. The minimum Gasteiger partial charge on any atom is -0.298 e. The van der Waals surface area contributed by atoms with Crippen molar-refractivity contribution in [2.45, 2.75) is 6.92 Å². The van der Waals surface area contributed by atoms with Gasteiger partial charge in [-0.3, -0.25) is 10.1 Å². The van der Waals surface area contributed by atoms with Crippen molar-refractivity contribution >= 4 is 34.0 Å². The number of amides is 1. The van der Waals surface area contributed by atoms with Gasteiger partial charge in [0, 0.05) is 5.38 Å². The zero-order chi connectivity index (χ0) is 12.4. The second-order valence-electron chi connectivity index (χ2n) is 3.24. The first kappa shape index (κ1) is 11.9. The van der Waals surface area contributed by atoms with Crippen LogP contribution in [0.2, 0.25) is 5.15 Å². The van der Waals surface area contributed by atoms with Crippen molar-refractivity contribution in [2.24, 2.45) is 0 Å². The summed E-state index contributed by atoms with van der Waals surface area (Å²) < 4.78 is 12.9. The average Bonchev–Trinajstić information content (AvgIpc) is 2.67. The predicted octanol–water partition coefficient (Wildman–Crippen LogP) is 2.89. The molecule has 7 heteroatoms. The molecular weight excluding hydrogens is 265 g/mol. The van der Waals surface area contributed by atoms with Crippen molar-refractivity contribution in [1.29, 1.82) is 0 Å². The van der Waals surface area contributed by atoms with Gasteiger partial charge in [-0.05, 0) is 13.0 Å². The van der Waals surface area contributed by atoms with Crippen molar-refractivity contribution in [1.82, 2.24) is 9.97 Å². The lowest BCUT2D eigenvalue weighted by Crippen LogP contribution is -2.13. The van der Waals surface area contributed by atoms with E-state index in [9.17, 15) is 9.18 Å². The number of rotatable bonds is 2. The van der Waals surface area contributed by atoms with Crippen LogP contribution in [0.4, 0.5) is 9.52 Å². The highest BCUT2D eigenvalue weighted by Crippen LogP contribution is 2.18. The zero-order valence-corrected chi connectivity index (χ0v) is 10.3. The summed E-state index contributed by atoms with van der Waals surface area (Å²) >= 11 is 6.99. The van der Waals surface area contributed by atoms with E-state index in [2.05, 4.69) is 15.3 Å². The highest BCUT2D eigenvalue weighted by atomic mass is 35.5. The van der Waals surface area contributed by atoms with Gasteiger partial charge in [-0.15, -0.1) is 11.3 Å². The summed E-state index contributed by atoms with van der Waals surface area (Å²) in [6.07, 6.45) is 0.951. The van der Waals surface area contributed by atoms with Gasteiger partial charge in [0.2, 0.25) is 0 Å². The third kappa shape index (κ3) is 2.78. The van der Waals surface area contributed by atoms with Gasteiger partial charge in [0.1, 0.15) is 11.0 Å². The smallest absolute Gasteiger partial charge is 0.260 e. The summed E-state index contributed by atoms with van der Waals surface area (Å²) in [5.41, 5.74) is 0.785. The fraction of sp³-hybridized carbons (Fsp3) is 0.100. The number of pyridine rings is 1. The van der Waals surface area contributed by atoms with Gasteiger partial charge in [0.05, 0.1) is 17.5 Å². The van der Waals surface area contributed by atoms with Gasteiger partial charge in [0.25, 0.3) is 5.91 Å². The Labute approximate surface area is 105 Å². The van der Waals surface area contributed by atoms with Crippen molar-refractivity contribution in [3.8, 4) is 0 Å². The van der Waals surface area contributed by atoms with Gasteiger partial charge in [0.15, 0.2) is 5.13 Å². The van der Waals surface area contributed by atoms with Crippen LogP contribution in [0.1, 0.15) is 16.1 Å². The molecule has 0 fully saturated rings. The number of carbonyl (C=O) groups is 1. The van der Waals surface area contributed by atoms with Crippen molar-refractivity contribution in [3.05, 3.63) is 39.9 Å². The number of thiazole rings is 1. The molecule has 2 heterocycles. The van der Waals surface area contributed by atoms with E-state index in [1.54, 1.807) is 5.38 Å². The second kappa shape index (κ2) is 4.77. The molecule has 0 aliphatic rings. The lowest BCUT2D eigenvalue weighted by atomic mass is 10.2. The van der Waals surface area contributed by atoms with E-state index in [0.29, 0.717) is 5.13 Å². The number of aryl methyl sites for hydroxylation is 1. The Hall–Kier alpha value is -1.53. The lowest BCUT2D eigenvalue weighted by molar-refractivity contribution is 0.102. The predicted molar refractivity (Wildman–Crippen MR) is 64.0 cm³/mol. The fourth-order valence-corrected chi connectivity index (χ4v) is 2.03. The van der Waals surface area contributed by atoms with Crippen LogP contribution >= 0.6 is 22.9 Å². The van der Waals surface area contributed by atoms with Crippen molar-refractivity contribution < 1.29 is 9.18 Å². The van der Waals surface area contributed by atoms with Crippen molar-refractivity contribution in [2.75, 3.05) is 5.32 Å². The number of nitrogens with one attached hydrogen (secondary N) is 1. The fourth-order valence-electron chi connectivity index (χ4n) is 1.16. The summed E-state index contributed by atoms with van der Waals surface area (Å²) in [6, 6.07) is 1.03. The molecule has 0 aromatic carbocycles. The first-order chi connectivity index (χ1) is 8.06. The quantitative estimate of drug-likeness (QED) is 0.855. The number of halogens is 2. The highest BCUT2D eigenvalue weighted by Gasteiger charge is 2.14. The average molecular weight is 272 g/mol. The van der Waals surface area contributed by atoms with Gasteiger partial charge >= 0.3 is 0 Å². The molecule has 2 rings (SSSR count). The van der Waals surface area contributed by atoms with Gasteiger partial charge in [-0.25, -0.2) is 14.4 Å². The number of carbonyl (C=O) groups excluding carboxylic acids is 1. The topological polar surface area (TPSA) is 54.9 Å². The Morgan fingerprint density at radius 1 is 1.59 bits per heavy atom. The lowest BCUT2D eigenvalue weighted by Gasteiger charge is -2.03. The van der Waals surface area contributed by atoms with E-state index >= 15 is 0 Å². The van der Waals surface area contributed by atoms with Crippen LogP contribution in [0, 0.1) is 12.7 Å². The maximum atomic E-state index is 12.9. The number of hydrogen-bond acceptors (Lipinski definition) is 4. The molecule has 0 saturated carbocycles. The van der Waals surface area contributed by atoms with E-state index in [1.165, 1.54) is 11.3 Å². The Bertz CT molecular complexity index is 572. The molecule has 0 saturated heterocycles. The number of hydrogen-bond donors (Lipinski definition) is 1. The Morgan fingerprint density at radius 2 is 2.35 bits per heavy atom. The standard InChI is InChI=1S/C10H7ClFN3OS/c1-5-4-17-10(14-5)15-9(16)7-2-6(12)3-13-8(7)11/h2-4H,1H3,(H,14,15,16). The van der Waals surface area contributed by atoms with E-state index in [0.717, 1.165) is 18.0 Å². The van der Waals surface area contributed by atoms with E-state index in [1.807, 2.05) is 6.92 Å². The molecule has 2 aromatic heterocycles. The minimum absolute atomic E-state index is 0.0143. The molecule has 0 spiro atoms. The molecule has 4 nitrogen and oxygen atoms in total. The van der Waals surface area contributed by atoms with Gasteiger partial charge in [-0.1, -0.05) is 11.6 Å². The monoisotopic (exact) mass is 271 g/mol. The molecule has 0 unspecified atom stereocenters. The Kier molecular flexibility index (Phi) is 3.35. The van der Waals surface area contributed by atoms with Crippen molar-refractivity contribution in [3.63, 3.8) is 0 Å². The van der Waals surface area contributed by atoms with E-state index < -0.39 is 11.7 Å². The van der Waals surface area contributed by atoms with Crippen LogP contribution in [0.5, 0.6) is 0 Å². The maximum Gasteiger partial charge on any atom is 0.260 e. The number of anilines is 1. The Morgan fingerprint density at radius 3 is 3.00 bits per heavy atom. The summed E-state index contributed by atoms with van der Waals surface area (Å²) in [7, 11) is 0. The highest BCUT2D eigenvalue weighted by molar-refractivity contribution is 7.13. The van der Waals surface area contributed by atoms with E-state index in [4.69, 9.17) is 11.6 Å². The summed E-state index contributed by atoms with van der Waals surface area (Å²) in [5, 5.41) is 4.71. The first-order valence-electron chi connectivity index (χ1n) is 4.61. The van der Waals surface area contributed by atoms with E-state index in [-0.39, 0.29) is 10.7 Å². The summed E-state index contributed by atoms with van der Waals surface area (Å²) in [4.78, 5) is 19.4. The van der Waals surface area contributed by atoms with Gasteiger partial charge < -0.3 is 0 Å². The third-order valence-electron chi connectivity index (χ3n) is 1.89. The summed E-state index contributed by atoms with van der Waals surface area (Å²) in [5.74, 6) is -1.15. The SMILES string of the molecule is Cc1csc(NC(=O)c2cc(F)cnc2Cl)n1. The first-order valence-corrected chi connectivity index (χ1v) is 5.86. The molecule has 1 amide bonds. The molecule has 17 heavy (non-hydrogen) atoms. The second-order valence-corrected chi connectivity index (χ2v) is 4.46. The number of nitrogens with zero attached hydrogens (tertiary/aromatic N) is 2. The molecule has 0 atom stereocenters. The minimum atomic E-state index is -0.616. The summed E-state index contributed by atoms with van der Waals surface area (Å²) in [6.45, 7) is 1.81. The molecule has 0 radical (unpaired) electrons. The van der Waals surface area contributed by atoms with Crippen LogP contribution in [-0.2, 0) is 0 Å². The number of aromatic nitrogens is 2. The normalized spacial score (nSPS) is 10.3. The molecule has 88 valence electrons. The molecule has 0 aliphatic heterocycles. The molecule has 0 bridgehead atoms. The van der Waals surface area contributed by atoms with Crippen LogP contribution in [0.25, 0.3) is 0 Å². The zero-order valence-electron chi connectivity index (χ0n) is 8.70. The third-order valence-corrected chi connectivity index (χ3v) is 3.07. The molecule has 2 aromatic rings. The molecule has 0 aliphatic carbocycles. The van der Waals surface area contributed by atoms with Crippen LogP contribution < -0.4 is 5.32 Å². The van der Waals surface area contributed by atoms with Crippen LogP contribution in [-0.4, -0.2) is 15.9 Å². The molecular formula is C10H7ClFN3OS. The van der Waals surface area contributed by atoms with Crippen LogP contribution in [0.3, 0.4) is 0 Å². The maximum absolute atomic E-state index is 12.9. The molecule has 1 N–H and O–H groups in total. The van der Waals surface area contributed by atoms with Crippen LogP contribution in [0.15, 0.2) is 17.6 Å². The Balaban J connectivity index is 2.22.